The van der Waals surface area contributed by atoms with Crippen LogP contribution in [0.1, 0.15) is 43.5 Å². The number of ether oxygens (including phenoxy) is 3. The maximum absolute atomic E-state index is 12.9. The fourth-order valence-corrected chi connectivity index (χ4v) is 2.68. The van der Waals surface area contributed by atoms with Crippen LogP contribution in [0, 0.1) is 5.92 Å². The molecule has 1 aromatic rings. The van der Waals surface area contributed by atoms with E-state index in [1.54, 1.807) is 26.0 Å². The van der Waals surface area contributed by atoms with Crippen molar-refractivity contribution >= 4 is 23.6 Å². The number of amides is 1. The lowest BCUT2D eigenvalue weighted by atomic mass is 9.89. The predicted octanol–water partition coefficient (Wildman–Crippen LogP) is 1.66. The minimum Gasteiger partial charge on any atom is -0.497 e. The van der Waals surface area contributed by atoms with E-state index in [0.717, 1.165) is 0 Å². The fourth-order valence-electron chi connectivity index (χ4n) is 2.68. The highest BCUT2D eigenvalue weighted by Gasteiger charge is 2.53. The first-order valence-electron chi connectivity index (χ1n) is 9.21. The summed E-state index contributed by atoms with van der Waals surface area (Å²) in [6, 6.07) is 6.31. The highest BCUT2D eigenvalue weighted by Crippen LogP contribution is 2.31. The van der Waals surface area contributed by atoms with E-state index < -0.39 is 35.6 Å². The molecule has 8 nitrogen and oxygen atoms in total. The Bertz CT molecular complexity index is 737. The first-order chi connectivity index (χ1) is 13.4. The fraction of sp³-hybridized carbons (Fsp3) is 0.500. The van der Waals surface area contributed by atoms with Crippen LogP contribution in [0.5, 0.6) is 5.75 Å². The molecule has 0 aromatic heterocycles. The van der Waals surface area contributed by atoms with E-state index in [1.165, 1.54) is 19.2 Å². The van der Waals surface area contributed by atoms with Gasteiger partial charge in [-0.3, -0.25) is 9.59 Å². The van der Waals surface area contributed by atoms with Crippen LogP contribution in [-0.4, -0.2) is 49.5 Å². The number of esters is 2. The molecule has 2 rings (SSSR count). The summed E-state index contributed by atoms with van der Waals surface area (Å²) in [6.45, 7) is 3.10. The van der Waals surface area contributed by atoms with Gasteiger partial charge in [0.15, 0.2) is 5.78 Å². The van der Waals surface area contributed by atoms with Gasteiger partial charge in [-0.15, -0.1) is 0 Å². The van der Waals surface area contributed by atoms with Crippen molar-refractivity contribution in [3.05, 3.63) is 29.8 Å². The van der Waals surface area contributed by atoms with Crippen molar-refractivity contribution in [3.63, 3.8) is 0 Å². The Morgan fingerprint density at radius 3 is 2.18 bits per heavy atom. The van der Waals surface area contributed by atoms with Gasteiger partial charge in [-0.05, 0) is 38.8 Å². The van der Waals surface area contributed by atoms with Crippen LogP contribution in [0.25, 0.3) is 0 Å². The van der Waals surface area contributed by atoms with Crippen LogP contribution in [0.15, 0.2) is 24.3 Å². The van der Waals surface area contributed by atoms with E-state index in [-0.39, 0.29) is 24.7 Å². The van der Waals surface area contributed by atoms with Gasteiger partial charge >= 0.3 is 11.9 Å². The van der Waals surface area contributed by atoms with E-state index in [1.807, 2.05) is 0 Å². The predicted molar refractivity (Wildman–Crippen MR) is 98.8 cm³/mol. The molecule has 0 bridgehead atoms. The molecule has 1 fully saturated rings. The lowest BCUT2D eigenvalue weighted by Crippen LogP contribution is -2.62. The Hall–Kier alpha value is -2.90. The summed E-state index contributed by atoms with van der Waals surface area (Å²) in [4.78, 5) is 50.8. The highest BCUT2D eigenvalue weighted by molar-refractivity contribution is 6.13. The summed E-state index contributed by atoms with van der Waals surface area (Å²) in [7, 11) is 1.46. The lowest BCUT2D eigenvalue weighted by Gasteiger charge is -2.29. The van der Waals surface area contributed by atoms with Crippen LogP contribution >= 0.6 is 0 Å². The molecule has 1 aromatic carbocycles. The number of benzene rings is 1. The lowest BCUT2D eigenvalue weighted by molar-refractivity contribution is -0.168. The van der Waals surface area contributed by atoms with Crippen molar-refractivity contribution in [1.82, 2.24) is 5.32 Å². The second-order valence-electron chi connectivity index (χ2n) is 6.44. The Morgan fingerprint density at radius 1 is 1.07 bits per heavy atom. The van der Waals surface area contributed by atoms with Gasteiger partial charge in [-0.2, -0.15) is 0 Å². The molecule has 0 atom stereocenters. The first-order valence-corrected chi connectivity index (χ1v) is 9.21. The number of hydrogen-bond acceptors (Lipinski definition) is 7. The molecule has 0 saturated heterocycles. The molecule has 0 unspecified atom stereocenters. The third kappa shape index (κ3) is 4.88. The number of methoxy groups -OCH3 is 1. The van der Waals surface area contributed by atoms with Crippen LogP contribution in [0.3, 0.4) is 0 Å². The molecule has 0 radical (unpaired) electrons. The third-order valence-corrected chi connectivity index (χ3v) is 4.35. The first kappa shape index (κ1) is 21.4. The topological polar surface area (TPSA) is 108 Å². The second-order valence-corrected chi connectivity index (χ2v) is 6.44. The maximum atomic E-state index is 12.9. The number of rotatable bonds is 10. The number of carbonyl (C=O) groups excluding carboxylic acids is 4. The molecule has 0 aliphatic heterocycles. The molecule has 1 saturated carbocycles. The Kier molecular flexibility index (Phi) is 7.14. The molecule has 1 N–H and O–H groups in total. The average molecular weight is 391 g/mol. The summed E-state index contributed by atoms with van der Waals surface area (Å²) in [5.74, 6) is -2.87. The maximum Gasteiger partial charge on any atom is 0.344 e. The van der Waals surface area contributed by atoms with Crippen LogP contribution in [-0.2, 0) is 23.9 Å². The van der Waals surface area contributed by atoms with Gasteiger partial charge in [0.05, 0.1) is 26.7 Å². The number of ketones is 1. The molecule has 1 aliphatic carbocycles. The van der Waals surface area contributed by atoms with Crippen molar-refractivity contribution < 1.29 is 33.4 Å². The number of Topliss-reactive ketones (excluding diaryl/α,β-unsaturated/α-hetero) is 1. The molecule has 0 spiro atoms. The van der Waals surface area contributed by atoms with E-state index in [9.17, 15) is 19.2 Å². The average Bonchev–Trinajstić information content (AvgIpc) is 3.53. The largest absolute Gasteiger partial charge is 0.497 e. The van der Waals surface area contributed by atoms with Gasteiger partial charge in [0, 0.05) is 11.5 Å². The molecule has 1 amide bonds. The van der Waals surface area contributed by atoms with Crippen molar-refractivity contribution in [2.24, 2.45) is 5.92 Å². The molecule has 1 aliphatic rings. The standard InChI is InChI=1S/C20H25NO7/c1-4-27-18(24)20(19(25)28-5-2,21-17(23)13-9-10-13)12-16(22)14-7-6-8-15(11-14)26-3/h6-8,11,13H,4-5,9-10,12H2,1-3H3,(H,21,23). The number of nitrogens with one attached hydrogen (secondary N) is 1. The summed E-state index contributed by atoms with van der Waals surface area (Å²) in [5.41, 5.74) is -2.00. The van der Waals surface area contributed by atoms with E-state index in [4.69, 9.17) is 14.2 Å². The van der Waals surface area contributed by atoms with Gasteiger partial charge in [-0.1, -0.05) is 12.1 Å². The van der Waals surface area contributed by atoms with Crippen molar-refractivity contribution in [3.8, 4) is 5.75 Å². The van der Waals surface area contributed by atoms with E-state index in [0.29, 0.717) is 18.6 Å². The molecule has 28 heavy (non-hydrogen) atoms. The number of carbonyl (C=O) groups is 4. The van der Waals surface area contributed by atoms with Gasteiger partial charge in [-0.25, -0.2) is 9.59 Å². The second kappa shape index (κ2) is 9.34. The monoisotopic (exact) mass is 391 g/mol. The molecule has 8 heteroatoms. The molecular formula is C20H25NO7. The summed E-state index contributed by atoms with van der Waals surface area (Å²) < 4.78 is 15.2. The van der Waals surface area contributed by atoms with Crippen LogP contribution in [0.2, 0.25) is 0 Å². The minimum atomic E-state index is -2.23. The number of hydrogen-bond donors (Lipinski definition) is 1. The zero-order chi connectivity index (χ0) is 20.7. The summed E-state index contributed by atoms with van der Waals surface area (Å²) in [5, 5.41) is 2.45. The zero-order valence-electron chi connectivity index (χ0n) is 16.3. The minimum absolute atomic E-state index is 0.0212. The van der Waals surface area contributed by atoms with Gasteiger partial charge in [0.1, 0.15) is 5.75 Å². The Morgan fingerprint density at radius 2 is 1.68 bits per heavy atom. The summed E-state index contributed by atoms with van der Waals surface area (Å²) >= 11 is 0. The van der Waals surface area contributed by atoms with Crippen LogP contribution < -0.4 is 10.1 Å². The Labute approximate surface area is 163 Å². The third-order valence-electron chi connectivity index (χ3n) is 4.35. The van der Waals surface area contributed by atoms with Crippen molar-refractivity contribution in [2.75, 3.05) is 20.3 Å². The highest BCUT2D eigenvalue weighted by atomic mass is 16.6. The van der Waals surface area contributed by atoms with Gasteiger partial charge in [0.2, 0.25) is 11.4 Å². The van der Waals surface area contributed by atoms with E-state index in [2.05, 4.69) is 5.32 Å². The van der Waals surface area contributed by atoms with Crippen LogP contribution in [0.4, 0.5) is 0 Å². The van der Waals surface area contributed by atoms with Gasteiger partial charge < -0.3 is 19.5 Å². The SMILES string of the molecule is CCOC(=O)C(CC(=O)c1cccc(OC)c1)(NC(=O)C1CC1)C(=O)OCC. The molecule has 0 heterocycles. The van der Waals surface area contributed by atoms with E-state index >= 15 is 0 Å². The molecular weight excluding hydrogens is 366 g/mol. The van der Waals surface area contributed by atoms with Gasteiger partial charge in [0.25, 0.3) is 0 Å². The molecule has 152 valence electrons. The normalized spacial score (nSPS) is 13.4. The van der Waals surface area contributed by atoms with Crippen molar-refractivity contribution in [2.45, 2.75) is 38.6 Å². The smallest absolute Gasteiger partial charge is 0.344 e. The zero-order valence-corrected chi connectivity index (χ0v) is 16.3. The quantitative estimate of drug-likeness (QED) is 0.367. The summed E-state index contributed by atoms with van der Waals surface area (Å²) in [6.07, 6.45) is 0.713. The van der Waals surface area contributed by atoms with Crippen molar-refractivity contribution in [1.29, 1.82) is 0 Å². The Balaban J connectivity index is 2.40.